The first kappa shape index (κ1) is 26.1. The molecule has 0 spiro atoms. The highest BCUT2D eigenvalue weighted by molar-refractivity contribution is 6.04. The summed E-state index contributed by atoms with van der Waals surface area (Å²) in [5.74, 6) is 0.257. The number of ketones is 1. The first-order chi connectivity index (χ1) is 19.6. The Labute approximate surface area is 233 Å². The molecular weight excluding hydrogens is 506 g/mol. The topological polar surface area (TPSA) is 87.0 Å². The van der Waals surface area contributed by atoms with E-state index < -0.39 is 11.9 Å². The number of furan rings is 1. The molecule has 40 heavy (non-hydrogen) atoms. The maximum absolute atomic E-state index is 13.9. The fraction of sp³-hybridized carbons (Fsp3) is 0.333. The van der Waals surface area contributed by atoms with Crippen molar-refractivity contribution < 1.29 is 28.2 Å². The zero-order valence-electron chi connectivity index (χ0n) is 22.6. The van der Waals surface area contributed by atoms with Gasteiger partial charge in [-0.05, 0) is 49.9 Å². The predicted molar refractivity (Wildman–Crippen MR) is 148 cm³/mol. The third-order valence-electron chi connectivity index (χ3n) is 7.88. The van der Waals surface area contributed by atoms with Crippen LogP contribution in [0.2, 0.25) is 0 Å². The van der Waals surface area contributed by atoms with Gasteiger partial charge in [0.05, 0.1) is 23.9 Å². The molecule has 3 aromatic rings. The number of esters is 1. The van der Waals surface area contributed by atoms with Crippen molar-refractivity contribution in [3.8, 4) is 5.75 Å². The number of rotatable bonds is 8. The molecule has 2 aromatic carbocycles. The van der Waals surface area contributed by atoms with Crippen LogP contribution in [0.5, 0.6) is 5.75 Å². The number of carbonyl (C=O) groups is 2. The van der Waals surface area contributed by atoms with Crippen molar-refractivity contribution in [3.05, 3.63) is 112 Å². The fourth-order valence-corrected chi connectivity index (χ4v) is 5.95. The van der Waals surface area contributed by atoms with E-state index in [0.29, 0.717) is 48.6 Å². The Morgan fingerprint density at radius 3 is 2.62 bits per heavy atom. The van der Waals surface area contributed by atoms with Gasteiger partial charge in [0.2, 0.25) is 0 Å². The smallest absolute Gasteiger partial charge is 0.336 e. The van der Waals surface area contributed by atoms with Crippen LogP contribution >= 0.6 is 0 Å². The molecular formula is C33H33NO6. The molecule has 1 saturated heterocycles. The summed E-state index contributed by atoms with van der Waals surface area (Å²) in [7, 11) is 0. The molecule has 1 aliphatic carbocycles. The van der Waals surface area contributed by atoms with Gasteiger partial charge in [-0.3, -0.25) is 4.79 Å². The average Bonchev–Trinajstić information content (AvgIpc) is 3.70. The molecule has 1 aromatic heterocycles. The summed E-state index contributed by atoms with van der Waals surface area (Å²) < 4.78 is 23.4. The van der Waals surface area contributed by atoms with Crippen LogP contribution in [0.25, 0.3) is 0 Å². The molecule has 3 aliphatic rings. The van der Waals surface area contributed by atoms with Gasteiger partial charge in [-0.1, -0.05) is 48.5 Å². The zero-order chi connectivity index (χ0) is 27.5. The number of ether oxygens (including phenoxy) is 3. The first-order valence-electron chi connectivity index (χ1n) is 13.9. The highest BCUT2D eigenvalue weighted by atomic mass is 16.6. The number of carbonyl (C=O) groups excluding carboxylic acids is 2. The van der Waals surface area contributed by atoms with Crippen LogP contribution < -0.4 is 10.1 Å². The molecule has 2 aliphatic heterocycles. The minimum Gasteiger partial charge on any atom is -0.489 e. The van der Waals surface area contributed by atoms with Crippen molar-refractivity contribution in [3.63, 3.8) is 0 Å². The summed E-state index contributed by atoms with van der Waals surface area (Å²) in [6.45, 7) is 3.11. The summed E-state index contributed by atoms with van der Waals surface area (Å²) in [6, 6.07) is 21.3. The highest BCUT2D eigenvalue weighted by Gasteiger charge is 2.43. The lowest BCUT2D eigenvalue weighted by molar-refractivity contribution is -0.142. The molecule has 1 fully saturated rings. The van der Waals surface area contributed by atoms with Crippen LogP contribution in [0, 0.1) is 0 Å². The van der Waals surface area contributed by atoms with Crippen LogP contribution in [-0.4, -0.2) is 31.1 Å². The summed E-state index contributed by atoms with van der Waals surface area (Å²) in [6.07, 6.45) is 4.27. The highest BCUT2D eigenvalue weighted by Crippen LogP contribution is 2.47. The van der Waals surface area contributed by atoms with E-state index in [4.69, 9.17) is 18.6 Å². The number of nitrogens with one attached hydrogen (secondary N) is 1. The van der Waals surface area contributed by atoms with Crippen molar-refractivity contribution in [2.75, 3.05) is 13.2 Å². The van der Waals surface area contributed by atoms with Gasteiger partial charge in [-0.2, -0.15) is 0 Å². The average molecular weight is 540 g/mol. The van der Waals surface area contributed by atoms with Crippen LogP contribution in [0.15, 0.2) is 100.0 Å². The molecule has 3 atom stereocenters. The minimum atomic E-state index is -0.620. The summed E-state index contributed by atoms with van der Waals surface area (Å²) >= 11 is 0. The second-order valence-corrected chi connectivity index (χ2v) is 10.6. The molecule has 0 radical (unpaired) electrons. The monoisotopic (exact) mass is 539 g/mol. The van der Waals surface area contributed by atoms with E-state index in [0.717, 1.165) is 35.4 Å². The third kappa shape index (κ3) is 5.34. The lowest BCUT2D eigenvalue weighted by Crippen LogP contribution is -2.36. The fourth-order valence-electron chi connectivity index (χ4n) is 5.95. The SMILES string of the molecule is CC1=C(C(=O)OCC2CCCO2)C(c2ccccc2OCc2ccccc2)C2=C(CC(c3ccco3)CC2=O)N1. The van der Waals surface area contributed by atoms with Crippen molar-refractivity contribution in [1.82, 2.24) is 5.32 Å². The van der Waals surface area contributed by atoms with Crippen LogP contribution in [0.3, 0.4) is 0 Å². The Morgan fingerprint density at radius 1 is 1.02 bits per heavy atom. The van der Waals surface area contributed by atoms with Gasteiger partial charge in [0, 0.05) is 41.5 Å². The molecule has 0 saturated carbocycles. The standard InChI is InChI=1S/C33H33NO6/c1-21-30(33(36)40-20-24-11-7-15-37-24)31(25-12-5-6-13-29(25)39-19-22-9-3-2-4-10-22)32-26(34-21)17-23(18-27(32)35)28-14-8-16-38-28/h2-6,8-10,12-14,16,23-24,31,34H,7,11,15,17-20H2,1H3. The molecule has 3 heterocycles. The van der Waals surface area contributed by atoms with Gasteiger partial charge < -0.3 is 23.9 Å². The van der Waals surface area contributed by atoms with E-state index in [-0.39, 0.29) is 24.4 Å². The van der Waals surface area contributed by atoms with E-state index in [1.165, 1.54) is 0 Å². The Bertz CT molecular complexity index is 1430. The van der Waals surface area contributed by atoms with Gasteiger partial charge in [0.15, 0.2) is 5.78 Å². The minimum absolute atomic E-state index is 0.0186. The summed E-state index contributed by atoms with van der Waals surface area (Å²) in [4.78, 5) is 27.6. The van der Waals surface area contributed by atoms with E-state index >= 15 is 0 Å². The van der Waals surface area contributed by atoms with Crippen LogP contribution in [-0.2, 0) is 25.7 Å². The molecule has 206 valence electrons. The predicted octanol–water partition coefficient (Wildman–Crippen LogP) is 5.94. The summed E-state index contributed by atoms with van der Waals surface area (Å²) in [5.41, 5.74) is 4.30. The number of para-hydroxylation sites is 1. The van der Waals surface area contributed by atoms with Gasteiger partial charge in [-0.15, -0.1) is 0 Å². The number of hydrogen-bond donors (Lipinski definition) is 1. The maximum atomic E-state index is 13.9. The van der Waals surface area contributed by atoms with Crippen LogP contribution in [0.1, 0.15) is 61.3 Å². The van der Waals surface area contributed by atoms with Gasteiger partial charge >= 0.3 is 5.97 Å². The lowest BCUT2D eigenvalue weighted by atomic mass is 9.72. The van der Waals surface area contributed by atoms with Crippen molar-refractivity contribution in [2.45, 2.75) is 57.2 Å². The molecule has 1 N–H and O–H groups in total. The van der Waals surface area contributed by atoms with Crippen LogP contribution in [0.4, 0.5) is 0 Å². The molecule has 7 heteroatoms. The molecule has 0 bridgehead atoms. The van der Waals surface area contributed by atoms with Crippen molar-refractivity contribution >= 4 is 11.8 Å². The second kappa shape index (κ2) is 11.6. The molecule has 7 nitrogen and oxygen atoms in total. The largest absolute Gasteiger partial charge is 0.489 e. The quantitative estimate of drug-likeness (QED) is 0.355. The first-order valence-corrected chi connectivity index (χ1v) is 13.9. The number of hydrogen-bond acceptors (Lipinski definition) is 7. The van der Waals surface area contributed by atoms with E-state index in [2.05, 4.69) is 5.32 Å². The maximum Gasteiger partial charge on any atom is 0.336 e. The van der Waals surface area contributed by atoms with Gasteiger partial charge in [-0.25, -0.2) is 4.79 Å². The molecule has 3 unspecified atom stereocenters. The lowest BCUT2D eigenvalue weighted by Gasteiger charge is -2.36. The number of Topliss-reactive ketones (excluding diaryl/α,β-unsaturated/α-hetero) is 1. The molecule has 6 rings (SSSR count). The van der Waals surface area contributed by atoms with Crippen molar-refractivity contribution in [1.29, 1.82) is 0 Å². The molecule has 0 amide bonds. The Balaban J connectivity index is 1.37. The number of allylic oxidation sites excluding steroid dienone is 3. The number of benzene rings is 2. The van der Waals surface area contributed by atoms with E-state index in [1.54, 1.807) is 6.26 Å². The third-order valence-corrected chi connectivity index (χ3v) is 7.88. The second-order valence-electron chi connectivity index (χ2n) is 10.6. The van der Waals surface area contributed by atoms with E-state index in [1.807, 2.05) is 73.7 Å². The Morgan fingerprint density at radius 2 is 1.85 bits per heavy atom. The normalized spacial score (nSPS) is 22.6. The Hall–Kier alpha value is -4.10. The van der Waals surface area contributed by atoms with Gasteiger partial charge in [0.25, 0.3) is 0 Å². The van der Waals surface area contributed by atoms with E-state index in [9.17, 15) is 9.59 Å². The number of dihydropyridines is 1. The van der Waals surface area contributed by atoms with Crippen molar-refractivity contribution in [2.24, 2.45) is 0 Å². The summed E-state index contributed by atoms with van der Waals surface area (Å²) in [5, 5.41) is 3.40. The van der Waals surface area contributed by atoms with Gasteiger partial charge in [0.1, 0.15) is 24.7 Å². The zero-order valence-corrected chi connectivity index (χ0v) is 22.6. The Kier molecular flexibility index (Phi) is 7.55.